The highest BCUT2D eigenvalue weighted by atomic mass is 35.5. The first kappa shape index (κ1) is 16.0. The molecule has 0 bridgehead atoms. The van der Waals surface area contributed by atoms with Gasteiger partial charge in [-0.2, -0.15) is 0 Å². The number of hydrogen-bond donors (Lipinski definition) is 1. The molecule has 1 aromatic carbocycles. The fourth-order valence-corrected chi connectivity index (χ4v) is 3.70. The molecule has 1 aromatic heterocycles. The maximum absolute atomic E-state index is 12.0. The molecule has 2 aromatic rings. The van der Waals surface area contributed by atoms with Crippen LogP contribution in [0.2, 0.25) is 5.02 Å². The summed E-state index contributed by atoms with van der Waals surface area (Å²) in [5.74, 6) is -0.310. The molecule has 112 valence electrons. The highest BCUT2D eigenvalue weighted by molar-refractivity contribution is 7.91. The third-order valence-corrected chi connectivity index (χ3v) is 5.74. The third kappa shape index (κ3) is 4.06. The van der Waals surface area contributed by atoms with Crippen molar-refractivity contribution in [1.29, 1.82) is 0 Å². The highest BCUT2D eigenvalue weighted by Crippen LogP contribution is 2.26. The Labute approximate surface area is 132 Å². The topological polar surface area (TPSA) is 63.2 Å². The van der Waals surface area contributed by atoms with E-state index in [-0.39, 0.29) is 28.7 Å². The van der Waals surface area contributed by atoms with Crippen LogP contribution >= 0.6 is 22.9 Å². The van der Waals surface area contributed by atoms with E-state index in [4.69, 9.17) is 11.6 Å². The van der Waals surface area contributed by atoms with Crippen molar-refractivity contribution in [2.75, 3.05) is 11.1 Å². The van der Waals surface area contributed by atoms with Gasteiger partial charge in [-0.15, -0.1) is 11.3 Å². The SMILES string of the molecule is CCS(=O)(=O)c1ccc(Cl)cc1NC(=O)Cc1cccs1. The van der Waals surface area contributed by atoms with Crippen molar-refractivity contribution in [3.8, 4) is 0 Å². The number of hydrogen-bond acceptors (Lipinski definition) is 4. The maximum atomic E-state index is 12.0. The molecule has 0 fully saturated rings. The maximum Gasteiger partial charge on any atom is 0.229 e. The summed E-state index contributed by atoms with van der Waals surface area (Å²) in [5, 5.41) is 4.89. The molecule has 1 N–H and O–H groups in total. The molecule has 0 saturated carbocycles. The third-order valence-electron chi connectivity index (χ3n) is 2.85. The summed E-state index contributed by atoms with van der Waals surface area (Å²) >= 11 is 7.37. The standard InChI is InChI=1S/C14H14ClNO3S2/c1-2-21(18,19)13-6-5-10(15)8-12(13)16-14(17)9-11-4-3-7-20-11/h3-8H,2,9H2,1H3,(H,16,17). The van der Waals surface area contributed by atoms with Crippen LogP contribution in [0.1, 0.15) is 11.8 Å². The van der Waals surface area contributed by atoms with Crippen LogP contribution in [0.25, 0.3) is 0 Å². The molecule has 21 heavy (non-hydrogen) atoms. The summed E-state index contributed by atoms with van der Waals surface area (Å²) in [7, 11) is -3.42. The zero-order valence-corrected chi connectivity index (χ0v) is 13.7. The zero-order valence-electron chi connectivity index (χ0n) is 11.3. The summed E-state index contributed by atoms with van der Waals surface area (Å²) in [4.78, 5) is 13.0. The number of sulfone groups is 1. The Morgan fingerprint density at radius 3 is 2.71 bits per heavy atom. The van der Waals surface area contributed by atoms with Crippen LogP contribution in [-0.2, 0) is 21.1 Å². The van der Waals surface area contributed by atoms with Gasteiger partial charge in [-0.05, 0) is 29.6 Å². The van der Waals surface area contributed by atoms with E-state index in [1.807, 2.05) is 17.5 Å². The number of carbonyl (C=O) groups is 1. The normalized spacial score (nSPS) is 11.3. The lowest BCUT2D eigenvalue weighted by atomic mass is 10.3. The summed E-state index contributed by atoms with van der Waals surface area (Å²) < 4.78 is 24.1. The summed E-state index contributed by atoms with van der Waals surface area (Å²) in [6.07, 6.45) is 0.204. The van der Waals surface area contributed by atoms with E-state index in [0.717, 1.165) is 4.88 Å². The van der Waals surface area contributed by atoms with Crippen LogP contribution in [0, 0.1) is 0 Å². The number of amides is 1. The Hall–Kier alpha value is -1.37. The molecule has 1 heterocycles. The van der Waals surface area contributed by atoms with Crippen LogP contribution < -0.4 is 5.32 Å². The van der Waals surface area contributed by atoms with Gasteiger partial charge >= 0.3 is 0 Å². The first-order valence-electron chi connectivity index (χ1n) is 6.27. The van der Waals surface area contributed by atoms with Crippen LogP contribution in [-0.4, -0.2) is 20.1 Å². The molecule has 0 aliphatic carbocycles. The second-order valence-corrected chi connectivity index (χ2v) is 8.06. The monoisotopic (exact) mass is 343 g/mol. The average Bonchev–Trinajstić information content (AvgIpc) is 2.91. The van der Waals surface area contributed by atoms with E-state index in [1.165, 1.54) is 29.5 Å². The molecule has 1 amide bonds. The molecule has 0 unspecified atom stereocenters. The number of halogens is 1. The largest absolute Gasteiger partial charge is 0.325 e. The van der Waals surface area contributed by atoms with Gasteiger partial charge in [0.05, 0.1) is 22.8 Å². The van der Waals surface area contributed by atoms with Gasteiger partial charge in [0, 0.05) is 9.90 Å². The summed E-state index contributed by atoms with van der Waals surface area (Å²) in [5.41, 5.74) is 0.228. The predicted octanol–water partition coefficient (Wildman–Crippen LogP) is 3.38. The number of rotatable bonds is 5. The minimum Gasteiger partial charge on any atom is -0.325 e. The number of benzene rings is 1. The number of thiophene rings is 1. The molecule has 0 saturated heterocycles. The van der Waals surface area contributed by atoms with Crippen molar-refractivity contribution < 1.29 is 13.2 Å². The molecular formula is C14H14ClNO3S2. The Bertz CT molecular complexity index is 740. The molecule has 4 nitrogen and oxygen atoms in total. The molecule has 0 radical (unpaired) electrons. The lowest BCUT2D eigenvalue weighted by Crippen LogP contribution is -2.17. The minimum absolute atomic E-state index is 0.0393. The van der Waals surface area contributed by atoms with Crippen LogP contribution in [0.5, 0.6) is 0 Å². The fourth-order valence-electron chi connectivity index (χ4n) is 1.79. The van der Waals surface area contributed by atoms with Crippen molar-refractivity contribution in [1.82, 2.24) is 0 Å². The van der Waals surface area contributed by atoms with E-state index in [0.29, 0.717) is 5.02 Å². The molecule has 0 spiro atoms. The first-order chi connectivity index (χ1) is 9.92. The quantitative estimate of drug-likeness (QED) is 0.905. The first-order valence-corrected chi connectivity index (χ1v) is 9.18. The minimum atomic E-state index is -3.42. The van der Waals surface area contributed by atoms with Crippen molar-refractivity contribution in [2.45, 2.75) is 18.2 Å². The van der Waals surface area contributed by atoms with Gasteiger partial charge < -0.3 is 5.32 Å². The van der Waals surface area contributed by atoms with E-state index in [9.17, 15) is 13.2 Å². The highest BCUT2D eigenvalue weighted by Gasteiger charge is 2.18. The Balaban J connectivity index is 2.26. The van der Waals surface area contributed by atoms with Gasteiger partial charge in [0.2, 0.25) is 5.91 Å². The lowest BCUT2D eigenvalue weighted by Gasteiger charge is -2.11. The van der Waals surface area contributed by atoms with E-state index in [1.54, 1.807) is 6.92 Å². The van der Waals surface area contributed by atoms with Crippen LogP contribution in [0.15, 0.2) is 40.6 Å². The van der Waals surface area contributed by atoms with Gasteiger partial charge in [0.1, 0.15) is 0 Å². The van der Waals surface area contributed by atoms with E-state index >= 15 is 0 Å². The van der Waals surface area contributed by atoms with Crippen molar-refractivity contribution in [3.63, 3.8) is 0 Å². The molecule has 7 heteroatoms. The second-order valence-electron chi connectivity index (χ2n) is 4.35. The van der Waals surface area contributed by atoms with Gasteiger partial charge in [0.15, 0.2) is 9.84 Å². The van der Waals surface area contributed by atoms with Gasteiger partial charge in [-0.3, -0.25) is 4.79 Å². The molecular weight excluding hydrogens is 330 g/mol. The molecule has 0 aliphatic rings. The van der Waals surface area contributed by atoms with Crippen molar-refractivity contribution >= 4 is 44.4 Å². The Morgan fingerprint density at radius 2 is 2.10 bits per heavy atom. The number of nitrogens with one attached hydrogen (secondary N) is 1. The van der Waals surface area contributed by atoms with Crippen molar-refractivity contribution in [3.05, 3.63) is 45.6 Å². The summed E-state index contributed by atoms with van der Waals surface area (Å²) in [6.45, 7) is 1.56. The molecule has 0 atom stereocenters. The van der Waals surface area contributed by atoms with E-state index in [2.05, 4.69) is 5.32 Å². The van der Waals surface area contributed by atoms with Crippen LogP contribution in [0.4, 0.5) is 5.69 Å². The average molecular weight is 344 g/mol. The Kier molecular flexibility index (Phi) is 5.03. The predicted molar refractivity (Wildman–Crippen MR) is 85.8 cm³/mol. The second kappa shape index (κ2) is 6.60. The van der Waals surface area contributed by atoms with Gasteiger partial charge in [-0.1, -0.05) is 24.6 Å². The zero-order chi connectivity index (χ0) is 15.5. The van der Waals surface area contributed by atoms with E-state index < -0.39 is 9.84 Å². The van der Waals surface area contributed by atoms with Crippen LogP contribution in [0.3, 0.4) is 0 Å². The van der Waals surface area contributed by atoms with Crippen molar-refractivity contribution in [2.24, 2.45) is 0 Å². The van der Waals surface area contributed by atoms with Gasteiger partial charge in [-0.25, -0.2) is 8.42 Å². The number of anilines is 1. The molecule has 0 aliphatic heterocycles. The fraction of sp³-hybridized carbons (Fsp3) is 0.214. The Morgan fingerprint density at radius 1 is 1.33 bits per heavy atom. The lowest BCUT2D eigenvalue weighted by molar-refractivity contribution is -0.115. The molecule has 2 rings (SSSR count). The summed E-state index contributed by atoms with van der Waals surface area (Å²) in [6, 6.07) is 8.09. The smallest absolute Gasteiger partial charge is 0.229 e. The number of carbonyl (C=O) groups excluding carboxylic acids is 1. The van der Waals surface area contributed by atoms with Gasteiger partial charge in [0.25, 0.3) is 0 Å².